The van der Waals surface area contributed by atoms with Gasteiger partial charge < -0.3 is 10.1 Å². The van der Waals surface area contributed by atoms with E-state index in [9.17, 15) is 0 Å². The smallest absolute Gasteiger partial charge is 0.119 e. The number of aryl methyl sites for hydroxylation is 1. The van der Waals surface area contributed by atoms with Gasteiger partial charge in [-0.25, -0.2) is 0 Å². The number of nitrogens with one attached hydrogen (secondary N) is 1. The van der Waals surface area contributed by atoms with Crippen LogP contribution in [0.1, 0.15) is 29.7 Å². The monoisotopic (exact) mass is 310 g/mol. The molecule has 1 atom stereocenters. The minimum Gasteiger partial charge on any atom is -0.494 e. The maximum absolute atomic E-state index is 5.72. The Morgan fingerprint density at radius 2 is 1.87 bits per heavy atom. The molecule has 1 N–H and O–H groups in total. The summed E-state index contributed by atoms with van der Waals surface area (Å²) in [7, 11) is 0. The van der Waals surface area contributed by atoms with Gasteiger partial charge in [0.05, 0.1) is 12.6 Å². The third-order valence-electron chi connectivity index (χ3n) is 4.48. The quantitative estimate of drug-likeness (QED) is 0.916. The van der Waals surface area contributed by atoms with Gasteiger partial charge in [-0.2, -0.15) is 0 Å². The van der Waals surface area contributed by atoms with Crippen molar-refractivity contribution in [1.82, 2.24) is 10.2 Å². The predicted octanol–water partition coefficient (Wildman–Crippen LogP) is 3.39. The summed E-state index contributed by atoms with van der Waals surface area (Å²) in [4.78, 5) is 2.57. The van der Waals surface area contributed by atoms with E-state index in [0.717, 1.165) is 31.9 Å². The Morgan fingerprint density at radius 3 is 2.61 bits per heavy atom. The van der Waals surface area contributed by atoms with Crippen LogP contribution in [-0.4, -0.2) is 37.7 Å². The summed E-state index contributed by atoms with van der Waals surface area (Å²) >= 11 is 0. The molecule has 1 fully saturated rings. The van der Waals surface area contributed by atoms with Gasteiger partial charge >= 0.3 is 0 Å². The van der Waals surface area contributed by atoms with Gasteiger partial charge in [-0.3, -0.25) is 4.90 Å². The lowest BCUT2D eigenvalue weighted by Gasteiger charge is -2.36. The molecule has 1 saturated heterocycles. The molecule has 0 saturated carbocycles. The van der Waals surface area contributed by atoms with Crippen LogP contribution in [0, 0.1) is 6.92 Å². The fourth-order valence-corrected chi connectivity index (χ4v) is 3.36. The normalized spacial score (nSPS) is 17.0. The molecule has 23 heavy (non-hydrogen) atoms. The molecule has 0 spiro atoms. The van der Waals surface area contributed by atoms with E-state index in [1.807, 2.05) is 13.0 Å². The van der Waals surface area contributed by atoms with Crippen molar-refractivity contribution in [2.24, 2.45) is 0 Å². The van der Waals surface area contributed by atoms with E-state index in [1.54, 1.807) is 0 Å². The third-order valence-corrected chi connectivity index (χ3v) is 4.48. The minimum atomic E-state index is 0.290. The lowest BCUT2D eigenvalue weighted by molar-refractivity contribution is 0.197. The molecule has 1 aliphatic heterocycles. The minimum absolute atomic E-state index is 0.290. The first kappa shape index (κ1) is 16.0. The maximum Gasteiger partial charge on any atom is 0.119 e. The summed E-state index contributed by atoms with van der Waals surface area (Å²) in [5.41, 5.74) is 4.05. The summed E-state index contributed by atoms with van der Waals surface area (Å²) in [6.45, 7) is 9.17. The second-order valence-electron chi connectivity index (χ2n) is 6.05. The highest BCUT2D eigenvalue weighted by Gasteiger charge is 2.25. The molecule has 0 bridgehead atoms. The van der Waals surface area contributed by atoms with Crippen LogP contribution in [0.15, 0.2) is 48.5 Å². The van der Waals surface area contributed by atoms with E-state index < -0.39 is 0 Å². The van der Waals surface area contributed by atoms with Gasteiger partial charge in [0.15, 0.2) is 0 Å². The molecule has 3 nitrogen and oxygen atoms in total. The summed E-state index contributed by atoms with van der Waals surface area (Å²) in [5, 5.41) is 3.45. The Balaban J connectivity index is 2.01. The zero-order valence-electron chi connectivity index (χ0n) is 14.1. The predicted molar refractivity (Wildman–Crippen MR) is 95.1 cm³/mol. The largest absolute Gasteiger partial charge is 0.494 e. The highest BCUT2D eigenvalue weighted by Crippen LogP contribution is 2.32. The number of nitrogens with zero attached hydrogens (tertiary/aromatic N) is 1. The van der Waals surface area contributed by atoms with Gasteiger partial charge in [0.25, 0.3) is 0 Å². The fraction of sp³-hybridized carbons (Fsp3) is 0.400. The molecular formula is C20H26N2O. The molecule has 122 valence electrons. The van der Waals surface area contributed by atoms with Gasteiger partial charge in [-0.15, -0.1) is 0 Å². The number of benzene rings is 2. The second kappa shape index (κ2) is 7.62. The van der Waals surface area contributed by atoms with Crippen LogP contribution in [0.5, 0.6) is 5.75 Å². The Morgan fingerprint density at radius 1 is 1.09 bits per heavy atom. The zero-order valence-corrected chi connectivity index (χ0v) is 14.1. The fourth-order valence-electron chi connectivity index (χ4n) is 3.36. The van der Waals surface area contributed by atoms with Crippen LogP contribution >= 0.6 is 0 Å². The van der Waals surface area contributed by atoms with E-state index in [2.05, 4.69) is 59.6 Å². The van der Waals surface area contributed by atoms with Gasteiger partial charge in [0, 0.05) is 26.2 Å². The molecule has 3 heteroatoms. The molecule has 0 radical (unpaired) electrons. The summed E-state index contributed by atoms with van der Waals surface area (Å²) in [6, 6.07) is 17.6. The first-order chi connectivity index (χ1) is 11.3. The molecule has 0 amide bonds. The number of ether oxygens (including phenoxy) is 1. The van der Waals surface area contributed by atoms with Crippen LogP contribution < -0.4 is 10.1 Å². The molecule has 1 aliphatic rings. The Labute approximate surface area is 139 Å². The Hall–Kier alpha value is -1.84. The van der Waals surface area contributed by atoms with Gasteiger partial charge in [-0.05, 0) is 42.7 Å². The molecular weight excluding hydrogens is 284 g/mol. The van der Waals surface area contributed by atoms with Crippen molar-refractivity contribution < 1.29 is 4.74 Å². The SMILES string of the molecule is CCOc1cccc(C(c2ccccc2C)N2CCNCC2)c1. The van der Waals surface area contributed by atoms with Crippen molar-refractivity contribution in [2.45, 2.75) is 19.9 Å². The van der Waals surface area contributed by atoms with Crippen LogP contribution in [0.25, 0.3) is 0 Å². The lowest BCUT2D eigenvalue weighted by atomic mass is 9.93. The van der Waals surface area contributed by atoms with Crippen LogP contribution in [0.3, 0.4) is 0 Å². The summed E-state index contributed by atoms with van der Waals surface area (Å²) in [6.07, 6.45) is 0. The number of rotatable bonds is 5. The first-order valence-corrected chi connectivity index (χ1v) is 8.52. The molecule has 2 aromatic rings. The van der Waals surface area contributed by atoms with E-state index in [0.29, 0.717) is 12.6 Å². The molecule has 1 unspecified atom stereocenters. The van der Waals surface area contributed by atoms with Crippen LogP contribution in [0.2, 0.25) is 0 Å². The summed E-state index contributed by atoms with van der Waals surface area (Å²) in [5.74, 6) is 0.957. The third kappa shape index (κ3) is 3.74. The highest BCUT2D eigenvalue weighted by atomic mass is 16.5. The van der Waals surface area contributed by atoms with Gasteiger partial charge in [0.1, 0.15) is 5.75 Å². The van der Waals surface area contributed by atoms with Crippen molar-refractivity contribution in [2.75, 3.05) is 32.8 Å². The maximum atomic E-state index is 5.72. The average molecular weight is 310 g/mol. The van der Waals surface area contributed by atoms with E-state index >= 15 is 0 Å². The lowest BCUT2D eigenvalue weighted by Crippen LogP contribution is -2.45. The van der Waals surface area contributed by atoms with Crippen molar-refractivity contribution in [3.05, 3.63) is 65.2 Å². The number of piperazine rings is 1. The number of hydrogen-bond acceptors (Lipinski definition) is 3. The molecule has 0 aromatic heterocycles. The van der Waals surface area contributed by atoms with Crippen molar-refractivity contribution >= 4 is 0 Å². The molecule has 3 rings (SSSR count). The zero-order chi connectivity index (χ0) is 16.1. The van der Waals surface area contributed by atoms with Crippen molar-refractivity contribution in [3.8, 4) is 5.75 Å². The van der Waals surface area contributed by atoms with E-state index in [1.165, 1.54) is 16.7 Å². The standard InChI is InChI=1S/C20H26N2O/c1-3-23-18-9-6-8-17(15-18)20(22-13-11-21-12-14-22)19-10-5-4-7-16(19)2/h4-10,15,20-21H,3,11-14H2,1-2H3. The van der Waals surface area contributed by atoms with E-state index in [-0.39, 0.29) is 0 Å². The average Bonchev–Trinajstić information content (AvgIpc) is 2.59. The van der Waals surface area contributed by atoms with Gasteiger partial charge in [-0.1, -0.05) is 36.4 Å². The molecule has 2 aromatic carbocycles. The van der Waals surface area contributed by atoms with Crippen molar-refractivity contribution in [1.29, 1.82) is 0 Å². The number of hydrogen-bond donors (Lipinski definition) is 1. The van der Waals surface area contributed by atoms with Gasteiger partial charge in [0.2, 0.25) is 0 Å². The Bertz CT molecular complexity index is 635. The highest BCUT2D eigenvalue weighted by molar-refractivity contribution is 5.40. The van der Waals surface area contributed by atoms with Crippen molar-refractivity contribution in [3.63, 3.8) is 0 Å². The molecule has 1 heterocycles. The summed E-state index contributed by atoms with van der Waals surface area (Å²) < 4.78 is 5.72. The Kier molecular flexibility index (Phi) is 5.31. The second-order valence-corrected chi connectivity index (χ2v) is 6.05. The first-order valence-electron chi connectivity index (χ1n) is 8.52. The van der Waals surface area contributed by atoms with E-state index in [4.69, 9.17) is 4.74 Å². The molecule has 0 aliphatic carbocycles. The van der Waals surface area contributed by atoms with Crippen LogP contribution in [0.4, 0.5) is 0 Å². The topological polar surface area (TPSA) is 24.5 Å². The van der Waals surface area contributed by atoms with Crippen LogP contribution in [-0.2, 0) is 0 Å².